The molecule has 3 aromatic rings. The molecule has 1 aromatic heterocycles. The number of aliphatic carboxylic acids is 2. The van der Waals surface area contributed by atoms with Crippen molar-refractivity contribution in [1.29, 1.82) is 0 Å². The Kier molecular flexibility index (Phi) is 9.92. The highest BCUT2D eigenvalue weighted by atomic mass is 32.2. The molecule has 3 aliphatic rings. The van der Waals surface area contributed by atoms with Gasteiger partial charge >= 0.3 is 11.9 Å². The second-order valence-corrected chi connectivity index (χ2v) is 14.9. The van der Waals surface area contributed by atoms with Gasteiger partial charge in [-0.2, -0.15) is 0 Å². The Bertz CT molecular complexity index is 2000. The quantitative estimate of drug-likeness (QED) is 0.0776. The minimum absolute atomic E-state index is 0.0792. The molecule has 0 saturated carbocycles. The molecule has 4 heterocycles. The number of Topliss-reactive ketones (excluding diaryl/α,β-unsaturated/α-hetero) is 1. The molecule has 6 N–H and O–H groups in total. The molecule has 0 spiro atoms. The molecular weight excluding hydrogens is 699 g/mol. The van der Waals surface area contributed by atoms with Crippen LogP contribution in [0.1, 0.15) is 48.2 Å². The number of carboxylic acid groups (broad SMARTS) is 2. The molecule has 2 atom stereocenters. The number of fused-ring (bicyclic) bond motifs is 2. The molecule has 0 aliphatic carbocycles. The van der Waals surface area contributed by atoms with Gasteiger partial charge in [0.1, 0.15) is 11.4 Å². The van der Waals surface area contributed by atoms with Gasteiger partial charge in [0.05, 0.1) is 11.3 Å². The number of carbonyl (C=O) groups excluding carboxylic acids is 2. The first-order valence-electron chi connectivity index (χ1n) is 15.9. The number of anilines is 1. The Morgan fingerprint density at radius 3 is 2.45 bits per heavy atom. The number of oxime groups is 1. The molecule has 2 aromatic carbocycles. The highest BCUT2D eigenvalue weighted by molar-refractivity contribution is 8.00. The van der Waals surface area contributed by atoms with Gasteiger partial charge < -0.3 is 31.0 Å². The molecule has 16 heteroatoms. The number of hydrogen-bond acceptors (Lipinski definition) is 13. The van der Waals surface area contributed by atoms with Crippen LogP contribution in [0.3, 0.4) is 0 Å². The van der Waals surface area contributed by atoms with Gasteiger partial charge in [0.15, 0.2) is 28.1 Å². The van der Waals surface area contributed by atoms with E-state index in [1.165, 1.54) is 35.9 Å². The smallest absolute Gasteiger partial charge is 0.352 e. The lowest BCUT2D eigenvalue weighted by Crippen LogP contribution is -2.62. The van der Waals surface area contributed by atoms with Gasteiger partial charge in [-0.15, -0.1) is 23.1 Å². The molecule has 0 radical (unpaired) electrons. The maximum atomic E-state index is 13.4. The lowest BCUT2D eigenvalue weighted by atomic mass is 9.89. The fraction of sp³-hybridized carbons (Fsp3) is 0.314. The summed E-state index contributed by atoms with van der Waals surface area (Å²) in [7, 11) is 0. The van der Waals surface area contributed by atoms with E-state index in [1.54, 1.807) is 24.3 Å². The average molecular weight is 734 g/mol. The van der Waals surface area contributed by atoms with E-state index in [9.17, 15) is 39.6 Å². The Balaban J connectivity index is 1.12. The lowest BCUT2D eigenvalue weighted by molar-refractivity contribution is -0.161. The van der Waals surface area contributed by atoms with Crippen LogP contribution in [0.5, 0.6) is 11.5 Å². The topological polar surface area (TPSA) is 216 Å². The number of benzene rings is 2. The van der Waals surface area contributed by atoms with Crippen molar-refractivity contribution < 1.29 is 44.4 Å². The van der Waals surface area contributed by atoms with Crippen molar-refractivity contribution in [2.75, 3.05) is 18.0 Å². The van der Waals surface area contributed by atoms with Gasteiger partial charge in [-0.3, -0.25) is 19.4 Å². The van der Waals surface area contributed by atoms with E-state index in [0.29, 0.717) is 24.4 Å². The fourth-order valence-corrected chi connectivity index (χ4v) is 7.94. The summed E-state index contributed by atoms with van der Waals surface area (Å²) in [5.74, 6) is -4.50. The molecule has 1 amide bonds. The number of nitrogen functional groups attached to an aromatic ring is 1. The minimum Gasteiger partial charge on any atom is -0.504 e. The van der Waals surface area contributed by atoms with E-state index < -0.39 is 40.5 Å². The molecule has 51 heavy (non-hydrogen) atoms. The molecular formula is C35H35N5O9S2. The zero-order valence-corrected chi connectivity index (χ0v) is 29.2. The fourth-order valence-electron chi connectivity index (χ4n) is 6.00. The third-order valence-corrected chi connectivity index (χ3v) is 10.9. The number of nitrogens with two attached hydrogens (primary N) is 1. The van der Waals surface area contributed by atoms with E-state index in [1.807, 2.05) is 24.3 Å². The van der Waals surface area contributed by atoms with E-state index in [4.69, 9.17) is 10.6 Å². The molecule has 6 rings (SSSR count). The van der Waals surface area contributed by atoms with Crippen molar-refractivity contribution in [3.05, 3.63) is 87.1 Å². The number of aromatic hydroxyl groups is 2. The molecule has 266 valence electrons. The monoisotopic (exact) mass is 733 g/mol. The normalized spacial score (nSPS) is 19.5. The number of allylic oxidation sites excluding steroid dienone is 1. The van der Waals surface area contributed by atoms with Gasteiger partial charge in [0.25, 0.3) is 0 Å². The van der Waals surface area contributed by atoms with Gasteiger partial charge in [-0.05, 0) is 60.2 Å². The van der Waals surface area contributed by atoms with Crippen molar-refractivity contribution in [2.24, 2.45) is 11.1 Å². The van der Waals surface area contributed by atoms with E-state index in [2.05, 4.69) is 15.0 Å². The Morgan fingerprint density at radius 2 is 1.80 bits per heavy atom. The van der Waals surface area contributed by atoms with Gasteiger partial charge in [0, 0.05) is 37.2 Å². The van der Waals surface area contributed by atoms with Crippen molar-refractivity contribution in [2.45, 2.75) is 50.8 Å². The number of rotatable bonds is 12. The Labute approximate surface area is 300 Å². The van der Waals surface area contributed by atoms with Crippen LogP contribution in [0.25, 0.3) is 6.08 Å². The number of carbonyl (C=O) groups is 4. The largest absolute Gasteiger partial charge is 0.504 e. The second-order valence-electron chi connectivity index (χ2n) is 12.9. The summed E-state index contributed by atoms with van der Waals surface area (Å²) in [6.45, 7) is 4.68. The van der Waals surface area contributed by atoms with Crippen LogP contribution in [0.2, 0.25) is 0 Å². The average Bonchev–Trinajstić information content (AvgIpc) is 3.52. The molecule has 14 nitrogen and oxygen atoms in total. The zero-order chi connectivity index (χ0) is 36.6. The SMILES string of the molecule is CC(C)(O/N=C(\C(=O)C[C@@H]1C(=O)N2C(C(=O)O)=C(C=Cc3ccc(CN4CCc5cc(O)c(O)cc5C4)cc3)CS[C@H]12)c1csc(N)n1)C(=O)O. The van der Waals surface area contributed by atoms with Crippen LogP contribution in [-0.4, -0.2) is 87.8 Å². The van der Waals surface area contributed by atoms with Crippen LogP contribution in [0.15, 0.2) is 64.3 Å². The molecule has 3 aliphatic heterocycles. The number of β-lactam (4-membered cyclic amide) rings is 1. The summed E-state index contributed by atoms with van der Waals surface area (Å²) in [5, 5.41) is 44.0. The van der Waals surface area contributed by atoms with Crippen LogP contribution < -0.4 is 5.73 Å². The Hall–Kier alpha value is -5.19. The van der Waals surface area contributed by atoms with Gasteiger partial charge in [-0.1, -0.05) is 41.6 Å². The third-order valence-electron chi connectivity index (χ3n) is 8.88. The number of hydrogen-bond donors (Lipinski definition) is 5. The summed E-state index contributed by atoms with van der Waals surface area (Å²) < 4.78 is 0. The predicted octanol–water partition coefficient (Wildman–Crippen LogP) is 3.82. The van der Waals surface area contributed by atoms with Crippen molar-refractivity contribution >= 4 is 63.6 Å². The van der Waals surface area contributed by atoms with Crippen molar-refractivity contribution in [1.82, 2.24) is 14.8 Å². The summed E-state index contributed by atoms with van der Waals surface area (Å²) >= 11 is 2.40. The van der Waals surface area contributed by atoms with E-state index in [-0.39, 0.29) is 40.2 Å². The van der Waals surface area contributed by atoms with Gasteiger partial charge in [0.2, 0.25) is 11.5 Å². The number of amides is 1. The number of nitrogens with zero attached hydrogens (tertiary/aromatic N) is 4. The first-order chi connectivity index (χ1) is 24.2. The van der Waals surface area contributed by atoms with E-state index >= 15 is 0 Å². The highest BCUT2D eigenvalue weighted by Gasteiger charge is 2.54. The summed E-state index contributed by atoms with van der Waals surface area (Å²) in [6.07, 6.45) is 3.93. The number of carboxylic acids is 2. The number of phenolic OH excluding ortho intramolecular Hbond substituents is 2. The first-order valence-corrected chi connectivity index (χ1v) is 17.8. The highest BCUT2D eigenvalue weighted by Crippen LogP contribution is 2.45. The van der Waals surface area contributed by atoms with E-state index in [0.717, 1.165) is 46.6 Å². The van der Waals surface area contributed by atoms with Crippen LogP contribution in [0, 0.1) is 5.92 Å². The predicted molar refractivity (Wildman–Crippen MR) is 190 cm³/mol. The molecule has 1 saturated heterocycles. The van der Waals surface area contributed by atoms with Crippen LogP contribution in [0.4, 0.5) is 5.13 Å². The number of thioether (sulfide) groups is 1. The summed E-state index contributed by atoms with van der Waals surface area (Å²) in [5.41, 5.74) is 8.03. The van der Waals surface area contributed by atoms with Crippen LogP contribution >= 0.6 is 23.1 Å². The third kappa shape index (κ3) is 7.48. The number of phenols is 2. The number of aromatic nitrogens is 1. The summed E-state index contributed by atoms with van der Waals surface area (Å²) in [6, 6.07) is 11.1. The maximum Gasteiger partial charge on any atom is 0.352 e. The zero-order valence-electron chi connectivity index (χ0n) is 27.6. The number of thiazole rings is 1. The van der Waals surface area contributed by atoms with Crippen LogP contribution in [-0.2, 0) is 43.5 Å². The Morgan fingerprint density at radius 1 is 1.10 bits per heavy atom. The standard InChI is InChI=1S/C35H35N5O9S2/c1-35(2,33(47)48)49-38-28(24-17-51-34(36)37-24)27(43)13-23-30(44)40-29(32(45)46)21(16-50-31(23)40)8-7-18-3-5-19(6-4-18)14-39-10-9-20-11-25(41)26(42)12-22(20)15-39/h3-8,11-12,17,23,31,41-42H,9-10,13-16H2,1-2H3,(H2,36,37)(H,45,46)(H,47,48)/b8-7?,38-28-/t23-,31-/m1/s1. The summed E-state index contributed by atoms with van der Waals surface area (Å²) in [4.78, 5) is 63.4. The number of ketones is 1. The molecule has 1 fully saturated rings. The van der Waals surface area contributed by atoms with Crippen molar-refractivity contribution in [3.63, 3.8) is 0 Å². The minimum atomic E-state index is -1.75. The maximum absolute atomic E-state index is 13.4. The molecule has 0 unspecified atom stereocenters. The second kappa shape index (κ2) is 14.2. The van der Waals surface area contributed by atoms with Crippen molar-refractivity contribution in [3.8, 4) is 11.5 Å². The first kappa shape index (κ1) is 35.6. The molecule has 0 bridgehead atoms. The van der Waals surface area contributed by atoms with Gasteiger partial charge in [-0.25, -0.2) is 14.6 Å². The lowest BCUT2D eigenvalue weighted by Gasteiger charge is -2.49.